The predicted molar refractivity (Wildman–Crippen MR) is 97.2 cm³/mol. The van der Waals surface area contributed by atoms with Gasteiger partial charge in [-0.25, -0.2) is 12.8 Å². The predicted octanol–water partition coefficient (Wildman–Crippen LogP) is 3.26. The van der Waals surface area contributed by atoms with Gasteiger partial charge >= 0.3 is 0 Å². The van der Waals surface area contributed by atoms with Crippen molar-refractivity contribution in [1.29, 1.82) is 0 Å². The maximum atomic E-state index is 13.0. The fraction of sp³-hybridized carbons (Fsp3) is 0.316. The van der Waals surface area contributed by atoms with Crippen LogP contribution in [0.15, 0.2) is 53.4 Å². The van der Waals surface area contributed by atoms with Crippen LogP contribution in [0, 0.1) is 5.82 Å². The molecular formula is C19H22FNO4S. The zero-order valence-electron chi connectivity index (χ0n) is 14.9. The van der Waals surface area contributed by atoms with Crippen molar-refractivity contribution >= 4 is 15.7 Å². The second-order valence-corrected chi connectivity index (χ2v) is 8.06. The zero-order valence-corrected chi connectivity index (χ0v) is 15.7. The summed E-state index contributed by atoms with van der Waals surface area (Å²) in [5.41, 5.74) is 0.780. The van der Waals surface area contributed by atoms with Crippen molar-refractivity contribution in [3.05, 3.63) is 59.9 Å². The first-order valence-electron chi connectivity index (χ1n) is 8.23. The Kier molecular flexibility index (Phi) is 6.37. The number of carbonyl (C=O) groups excluding carboxylic acids is 1. The van der Waals surface area contributed by atoms with E-state index in [4.69, 9.17) is 4.74 Å². The summed E-state index contributed by atoms with van der Waals surface area (Å²) in [6, 6.07) is 11.5. The molecule has 0 aromatic heterocycles. The lowest BCUT2D eigenvalue weighted by atomic mass is 10.1. The SMILES string of the molecule is CCC(Oc1ccc(F)cc1)C(=O)NC(C)c1ccc(S(C)(=O)=O)cc1. The summed E-state index contributed by atoms with van der Waals surface area (Å²) in [6.45, 7) is 3.62. The molecule has 1 amide bonds. The molecule has 26 heavy (non-hydrogen) atoms. The Morgan fingerprint density at radius 1 is 1.12 bits per heavy atom. The van der Waals surface area contributed by atoms with Crippen LogP contribution in [0.1, 0.15) is 31.9 Å². The fourth-order valence-corrected chi connectivity index (χ4v) is 3.02. The van der Waals surface area contributed by atoms with Gasteiger partial charge in [-0.05, 0) is 55.3 Å². The molecule has 0 saturated carbocycles. The number of benzene rings is 2. The van der Waals surface area contributed by atoms with E-state index in [1.807, 2.05) is 6.92 Å². The van der Waals surface area contributed by atoms with E-state index in [2.05, 4.69) is 5.32 Å². The van der Waals surface area contributed by atoms with Gasteiger partial charge in [-0.3, -0.25) is 4.79 Å². The first-order chi connectivity index (χ1) is 12.2. The van der Waals surface area contributed by atoms with E-state index in [-0.39, 0.29) is 22.7 Å². The van der Waals surface area contributed by atoms with Gasteiger partial charge in [-0.15, -0.1) is 0 Å². The van der Waals surface area contributed by atoms with Crippen LogP contribution >= 0.6 is 0 Å². The Hall–Kier alpha value is -2.41. The Bertz CT molecular complexity index is 848. The van der Waals surface area contributed by atoms with Gasteiger partial charge in [-0.2, -0.15) is 0 Å². The molecule has 2 atom stereocenters. The first-order valence-corrected chi connectivity index (χ1v) is 10.1. The van der Waals surface area contributed by atoms with Crippen LogP contribution in [-0.4, -0.2) is 26.7 Å². The van der Waals surface area contributed by atoms with E-state index in [0.717, 1.165) is 11.8 Å². The van der Waals surface area contributed by atoms with Crippen molar-refractivity contribution in [2.75, 3.05) is 6.26 Å². The lowest BCUT2D eigenvalue weighted by molar-refractivity contribution is -0.128. The molecule has 5 nitrogen and oxygen atoms in total. The molecule has 140 valence electrons. The van der Waals surface area contributed by atoms with Crippen LogP contribution in [0.2, 0.25) is 0 Å². The zero-order chi connectivity index (χ0) is 19.3. The number of rotatable bonds is 7. The van der Waals surface area contributed by atoms with Crippen LogP contribution in [0.3, 0.4) is 0 Å². The van der Waals surface area contributed by atoms with Crippen LogP contribution in [0.4, 0.5) is 4.39 Å². The Morgan fingerprint density at radius 2 is 1.69 bits per heavy atom. The lowest BCUT2D eigenvalue weighted by Crippen LogP contribution is -2.39. The second-order valence-electron chi connectivity index (χ2n) is 6.04. The van der Waals surface area contributed by atoms with Gasteiger partial charge < -0.3 is 10.1 Å². The smallest absolute Gasteiger partial charge is 0.261 e. The average Bonchev–Trinajstić information content (AvgIpc) is 2.60. The Labute approximate surface area is 153 Å². The fourth-order valence-electron chi connectivity index (χ4n) is 2.39. The minimum absolute atomic E-state index is 0.228. The summed E-state index contributed by atoms with van der Waals surface area (Å²) in [6.07, 6.45) is 0.882. The number of sulfone groups is 1. The highest BCUT2D eigenvalue weighted by molar-refractivity contribution is 7.90. The van der Waals surface area contributed by atoms with Crippen molar-refractivity contribution in [3.63, 3.8) is 0 Å². The minimum Gasteiger partial charge on any atom is -0.481 e. The van der Waals surface area contributed by atoms with E-state index in [1.165, 1.54) is 36.4 Å². The van der Waals surface area contributed by atoms with Gasteiger partial charge in [0.05, 0.1) is 10.9 Å². The first kappa shape index (κ1) is 19.9. The molecule has 0 heterocycles. The van der Waals surface area contributed by atoms with Gasteiger partial charge in [0.25, 0.3) is 5.91 Å². The van der Waals surface area contributed by atoms with Gasteiger partial charge in [0.2, 0.25) is 0 Å². The van der Waals surface area contributed by atoms with Crippen molar-refractivity contribution in [1.82, 2.24) is 5.32 Å². The number of hydrogen-bond donors (Lipinski definition) is 1. The third kappa shape index (κ3) is 5.29. The monoisotopic (exact) mass is 379 g/mol. The molecule has 2 rings (SSSR count). The molecule has 0 bridgehead atoms. The summed E-state index contributed by atoms with van der Waals surface area (Å²) in [5, 5.41) is 2.85. The van der Waals surface area contributed by atoms with E-state index in [1.54, 1.807) is 19.1 Å². The van der Waals surface area contributed by atoms with Crippen LogP contribution in [0.5, 0.6) is 5.75 Å². The van der Waals surface area contributed by atoms with Crippen LogP contribution in [0.25, 0.3) is 0 Å². The largest absolute Gasteiger partial charge is 0.481 e. The molecule has 2 aromatic carbocycles. The van der Waals surface area contributed by atoms with E-state index >= 15 is 0 Å². The van der Waals surface area contributed by atoms with Crippen molar-refractivity contribution < 1.29 is 22.3 Å². The molecule has 2 unspecified atom stereocenters. The highest BCUT2D eigenvalue weighted by Gasteiger charge is 2.21. The average molecular weight is 379 g/mol. The van der Waals surface area contributed by atoms with Crippen molar-refractivity contribution in [2.45, 2.75) is 37.3 Å². The van der Waals surface area contributed by atoms with Crippen molar-refractivity contribution in [3.8, 4) is 5.75 Å². The topological polar surface area (TPSA) is 72.5 Å². The highest BCUT2D eigenvalue weighted by Crippen LogP contribution is 2.18. The molecule has 7 heteroatoms. The molecule has 0 spiro atoms. The summed E-state index contributed by atoms with van der Waals surface area (Å²) in [7, 11) is -3.26. The molecule has 0 saturated heterocycles. The molecule has 0 aliphatic carbocycles. The Morgan fingerprint density at radius 3 is 2.19 bits per heavy atom. The molecule has 0 aliphatic heterocycles. The highest BCUT2D eigenvalue weighted by atomic mass is 32.2. The van der Waals surface area contributed by atoms with E-state index < -0.39 is 15.9 Å². The van der Waals surface area contributed by atoms with Crippen molar-refractivity contribution in [2.24, 2.45) is 0 Å². The van der Waals surface area contributed by atoms with E-state index in [0.29, 0.717) is 12.2 Å². The third-order valence-corrected chi connectivity index (χ3v) is 5.05. The quantitative estimate of drug-likeness (QED) is 0.801. The number of halogens is 1. The normalized spacial score (nSPS) is 13.7. The summed E-state index contributed by atoms with van der Waals surface area (Å²) in [4.78, 5) is 12.7. The number of carbonyl (C=O) groups is 1. The molecule has 0 aliphatic rings. The van der Waals surface area contributed by atoms with Gasteiger partial charge in [0.1, 0.15) is 11.6 Å². The maximum absolute atomic E-state index is 13.0. The summed E-state index contributed by atoms with van der Waals surface area (Å²) in [5.74, 6) is -0.254. The molecule has 2 aromatic rings. The Balaban J connectivity index is 2.03. The van der Waals surface area contributed by atoms with E-state index in [9.17, 15) is 17.6 Å². The molecule has 0 fully saturated rings. The third-order valence-electron chi connectivity index (χ3n) is 3.92. The number of hydrogen-bond acceptors (Lipinski definition) is 4. The summed E-state index contributed by atoms with van der Waals surface area (Å²) < 4.78 is 41.6. The van der Waals surface area contributed by atoms with Crippen LogP contribution < -0.4 is 10.1 Å². The molecular weight excluding hydrogens is 357 g/mol. The molecule has 0 radical (unpaired) electrons. The molecule has 1 N–H and O–H groups in total. The maximum Gasteiger partial charge on any atom is 0.261 e. The van der Waals surface area contributed by atoms with Gasteiger partial charge in [0.15, 0.2) is 15.9 Å². The van der Waals surface area contributed by atoms with Crippen LogP contribution in [-0.2, 0) is 14.6 Å². The number of nitrogens with one attached hydrogen (secondary N) is 1. The number of ether oxygens (including phenoxy) is 1. The van der Waals surface area contributed by atoms with Gasteiger partial charge in [0, 0.05) is 6.26 Å². The number of amides is 1. The second kappa shape index (κ2) is 8.31. The minimum atomic E-state index is -3.26. The van der Waals surface area contributed by atoms with Gasteiger partial charge in [-0.1, -0.05) is 19.1 Å². The summed E-state index contributed by atoms with van der Waals surface area (Å²) >= 11 is 0. The lowest BCUT2D eigenvalue weighted by Gasteiger charge is -2.21. The standard InChI is InChI=1S/C19H22FNO4S/c1-4-18(25-16-9-7-15(20)8-10-16)19(22)21-13(2)14-5-11-17(12-6-14)26(3,23)24/h5-13,18H,4H2,1-3H3,(H,21,22).